The Bertz CT molecular complexity index is 856. The Morgan fingerprint density at radius 3 is 1.52 bits per heavy atom. The van der Waals surface area contributed by atoms with Crippen molar-refractivity contribution in [2.75, 3.05) is 42.7 Å². The number of rotatable bonds is 8. The predicted octanol–water partition coefficient (Wildman–Crippen LogP) is 4.28. The van der Waals surface area contributed by atoms with Gasteiger partial charge < -0.3 is 34.2 Å². The SMILES string of the molecule is COc1cc(C2CCCC2(N)c2cc(OC)c(OC)c(OC)c2)cc(OC)c1OC.Cl. The summed E-state index contributed by atoms with van der Waals surface area (Å²) in [6, 6.07) is 7.85. The number of benzene rings is 2. The number of nitrogens with two attached hydrogens (primary N) is 1. The van der Waals surface area contributed by atoms with Crippen LogP contribution in [0.15, 0.2) is 24.3 Å². The van der Waals surface area contributed by atoms with Gasteiger partial charge in [0.15, 0.2) is 23.0 Å². The molecule has 31 heavy (non-hydrogen) atoms. The number of ether oxygens (including phenoxy) is 6. The Labute approximate surface area is 190 Å². The summed E-state index contributed by atoms with van der Waals surface area (Å²) in [5.74, 6) is 3.58. The zero-order valence-corrected chi connectivity index (χ0v) is 19.8. The molecule has 1 aliphatic rings. The van der Waals surface area contributed by atoms with Crippen LogP contribution < -0.4 is 34.2 Å². The van der Waals surface area contributed by atoms with Crippen LogP contribution in [-0.2, 0) is 5.54 Å². The van der Waals surface area contributed by atoms with Gasteiger partial charge in [0.25, 0.3) is 0 Å². The first-order valence-corrected chi connectivity index (χ1v) is 9.86. The van der Waals surface area contributed by atoms with Crippen LogP contribution in [0.3, 0.4) is 0 Å². The Kier molecular flexibility index (Phi) is 8.14. The van der Waals surface area contributed by atoms with E-state index >= 15 is 0 Å². The van der Waals surface area contributed by atoms with Crippen molar-refractivity contribution >= 4 is 12.4 Å². The molecule has 2 N–H and O–H groups in total. The highest BCUT2D eigenvalue weighted by Crippen LogP contribution is 2.52. The van der Waals surface area contributed by atoms with E-state index in [1.807, 2.05) is 24.3 Å². The maximum atomic E-state index is 7.08. The standard InChI is InChI=1S/C23H31NO6.ClH/c1-25-17-10-14(11-18(26-2)21(17)29-5)16-8-7-9-23(16,24)15-12-19(27-3)22(30-6)20(13-15)28-4;/h10-13,16H,7-9,24H2,1-6H3;1H. The Hall–Kier alpha value is -2.51. The maximum absolute atomic E-state index is 7.08. The highest BCUT2D eigenvalue weighted by Gasteiger charge is 2.43. The molecule has 2 unspecified atom stereocenters. The summed E-state index contributed by atoms with van der Waals surface area (Å²) in [4.78, 5) is 0. The summed E-state index contributed by atoms with van der Waals surface area (Å²) < 4.78 is 33.1. The fraction of sp³-hybridized carbons (Fsp3) is 0.478. The van der Waals surface area contributed by atoms with Crippen LogP contribution in [0.2, 0.25) is 0 Å². The Balaban J connectivity index is 0.00000341. The summed E-state index contributed by atoms with van der Waals surface area (Å²) in [5, 5.41) is 0. The quantitative estimate of drug-likeness (QED) is 0.638. The second-order valence-electron chi connectivity index (χ2n) is 7.36. The molecular formula is C23H32ClNO6. The number of hydrogen-bond donors (Lipinski definition) is 1. The van der Waals surface area contributed by atoms with Crippen molar-refractivity contribution < 1.29 is 28.4 Å². The molecule has 1 saturated carbocycles. The van der Waals surface area contributed by atoms with Gasteiger partial charge in [0.2, 0.25) is 11.5 Å². The molecule has 1 aliphatic carbocycles. The molecule has 8 heteroatoms. The lowest BCUT2D eigenvalue weighted by Crippen LogP contribution is -2.39. The monoisotopic (exact) mass is 453 g/mol. The first-order valence-electron chi connectivity index (χ1n) is 9.86. The molecule has 2 atom stereocenters. The summed E-state index contributed by atoms with van der Waals surface area (Å²) >= 11 is 0. The smallest absolute Gasteiger partial charge is 0.203 e. The predicted molar refractivity (Wildman–Crippen MR) is 122 cm³/mol. The fourth-order valence-electron chi connectivity index (χ4n) is 4.49. The highest BCUT2D eigenvalue weighted by atomic mass is 35.5. The van der Waals surface area contributed by atoms with Crippen molar-refractivity contribution in [3.63, 3.8) is 0 Å². The van der Waals surface area contributed by atoms with Crippen LogP contribution in [0.5, 0.6) is 34.5 Å². The van der Waals surface area contributed by atoms with E-state index in [2.05, 4.69) is 0 Å². The minimum atomic E-state index is -0.614. The molecule has 0 spiro atoms. The van der Waals surface area contributed by atoms with Gasteiger partial charge in [-0.15, -0.1) is 12.4 Å². The zero-order valence-electron chi connectivity index (χ0n) is 18.9. The van der Waals surface area contributed by atoms with Crippen molar-refractivity contribution in [1.82, 2.24) is 0 Å². The van der Waals surface area contributed by atoms with Crippen LogP contribution in [0.4, 0.5) is 0 Å². The first-order chi connectivity index (χ1) is 14.5. The van der Waals surface area contributed by atoms with E-state index in [9.17, 15) is 0 Å². The normalized spacial score (nSPS) is 19.9. The molecule has 7 nitrogen and oxygen atoms in total. The topological polar surface area (TPSA) is 81.4 Å². The third kappa shape index (κ3) is 4.29. The van der Waals surface area contributed by atoms with E-state index < -0.39 is 5.54 Å². The average Bonchev–Trinajstić information content (AvgIpc) is 3.19. The molecule has 1 fully saturated rings. The molecule has 2 aromatic carbocycles. The minimum absolute atomic E-state index is 0. The largest absolute Gasteiger partial charge is 0.493 e. The van der Waals surface area contributed by atoms with Crippen LogP contribution >= 0.6 is 12.4 Å². The fourth-order valence-corrected chi connectivity index (χ4v) is 4.49. The number of hydrogen-bond acceptors (Lipinski definition) is 7. The molecule has 0 bridgehead atoms. The molecule has 0 amide bonds. The molecule has 3 rings (SSSR count). The summed E-state index contributed by atoms with van der Waals surface area (Å²) in [6.07, 6.45) is 2.76. The van der Waals surface area contributed by atoms with E-state index in [1.54, 1.807) is 42.7 Å². The highest BCUT2D eigenvalue weighted by molar-refractivity contribution is 5.85. The van der Waals surface area contributed by atoms with E-state index in [-0.39, 0.29) is 18.3 Å². The summed E-state index contributed by atoms with van der Waals surface area (Å²) in [5.41, 5.74) is 8.45. The first kappa shape index (κ1) is 24.8. The van der Waals surface area contributed by atoms with E-state index in [0.29, 0.717) is 34.5 Å². The number of methoxy groups -OCH3 is 6. The average molecular weight is 454 g/mol. The lowest BCUT2D eigenvalue weighted by atomic mass is 9.77. The second-order valence-corrected chi connectivity index (χ2v) is 7.36. The van der Waals surface area contributed by atoms with Gasteiger partial charge in [0.1, 0.15) is 0 Å². The molecule has 0 saturated heterocycles. The van der Waals surface area contributed by atoms with Gasteiger partial charge in [-0.25, -0.2) is 0 Å². The van der Waals surface area contributed by atoms with Crippen LogP contribution in [0.25, 0.3) is 0 Å². The van der Waals surface area contributed by atoms with E-state index in [1.165, 1.54) is 0 Å². The van der Waals surface area contributed by atoms with Crippen molar-refractivity contribution in [1.29, 1.82) is 0 Å². The van der Waals surface area contributed by atoms with Crippen LogP contribution in [0.1, 0.15) is 36.3 Å². The molecular weight excluding hydrogens is 422 g/mol. The Morgan fingerprint density at radius 2 is 1.13 bits per heavy atom. The third-order valence-electron chi connectivity index (χ3n) is 6.00. The van der Waals surface area contributed by atoms with Gasteiger partial charge in [-0.3, -0.25) is 0 Å². The molecule has 0 aromatic heterocycles. The van der Waals surface area contributed by atoms with Crippen molar-refractivity contribution in [3.05, 3.63) is 35.4 Å². The molecule has 0 heterocycles. The minimum Gasteiger partial charge on any atom is -0.493 e. The van der Waals surface area contributed by atoms with Gasteiger partial charge in [-0.1, -0.05) is 6.42 Å². The molecule has 0 radical (unpaired) electrons. The maximum Gasteiger partial charge on any atom is 0.203 e. The van der Waals surface area contributed by atoms with Crippen molar-refractivity contribution in [2.24, 2.45) is 5.73 Å². The lowest BCUT2D eigenvalue weighted by Gasteiger charge is -2.34. The second kappa shape index (κ2) is 10.2. The lowest BCUT2D eigenvalue weighted by molar-refractivity contribution is 0.317. The molecule has 0 aliphatic heterocycles. The number of halogens is 1. The Morgan fingerprint density at radius 1 is 0.710 bits per heavy atom. The van der Waals surface area contributed by atoms with Gasteiger partial charge >= 0.3 is 0 Å². The summed E-state index contributed by atoms with van der Waals surface area (Å²) in [7, 11) is 9.63. The van der Waals surface area contributed by atoms with Gasteiger partial charge in [0.05, 0.1) is 42.7 Å². The van der Waals surface area contributed by atoms with E-state index in [4.69, 9.17) is 34.2 Å². The van der Waals surface area contributed by atoms with Crippen LogP contribution in [0, 0.1) is 0 Å². The zero-order chi connectivity index (χ0) is 21.9. The summed E-state index contributed by atoms with van der Waals surface area (Å²) in [6.45, 7) is 0. The van der Waals surface area contributed by atoms with Crippen LogP contribution in [-0.4, -0.2) is 42.7 Å². The van der Waals surface area contributed by atoms with E-state index in [0.717, 1.165) is 30.4 Å². The van der Waals surface area contributed by atoms with Crippen molar-refractivity contribution in [2.45, 2.75) is 30.7 Å². The third-order valence-corrected chi connectivity index (χ3v) is 6.00. The van der Waals surface area contributed by atoms with Gasteiger partial charge in [-0.2, -0.15) is 0 Å². The molecule has 2 aromatic rings. The molecule has 172 valence electrons. The van der Waals surface area contributed by atoms with Gasteiger partial charge in [-0.05, 0) is 48.2 Å². The van der Waals surface area contributed by atoms with Crippen molar-refractivity contribution in [3.8, 4) is 34.5 Å². The van der Waals surface area contributed by atoms with Gasteiger partial charge in [0, 0.05) is 11.5 Å².